The van der Waals surface area contributed by atoms with E-state index in [2.05, 4.69) is 11.1 Å². The lowest BCUT2D eigenvalue weighted by Crippen LogP contribution is -2.10. The number of ether oxygens (including phenoxy) is 4. The quantitative estimate of drug-likeness (QED) is 0.789. The second-order valence-corrected chi connectivity index (χ2v) is 4.44. The van der Waals surface area contributed by atoms with Crippen LogP contribution in [-0.4, -0.2) is 32.3 Å². The first-order chi connectivity index (χ1) is 10.6. The van der Waals surface area contributed by atoms with Crippen LogP contribution >= 0.6 is 11.6 Å². The van der Waals surface area contributed by atoms with Crippen LogP contribution in [0, 0.1) is 6.07 Å². The molecule has 1 heterocycles. The lowest BCUT2D eigenvalue weighted by molar-refractivity contribution is 0.0726. The molecule has 6 nitrogen and oxygen atoms in total. The summed E-state index contributed by atoms with van der Waals surface area (Å²) in [5.41, 5.74) is 0.228. The summed E-state index contributed by atoms with van der Waals surface area (Å²) in [7, 11) is 4.40. The number of carbonyl (C=O) groups is 1. The van der Waals surface area contributed by atoms with Gasteiger partial charge in [-0.25, -0.2) is 9.78 Å². The number of halogens is 1. The zero-order valence-electron chi connectivity index (χ0n) is 12.2. The molecule has 0 spiro atoms. The van der Waals surface area contributed by atoms with Gasteiger partial charge < -0.3 is 18.9 Å². The van der Waals surface area contributed by atoms with Crippen LogP contribution in [0.4, 0.5) is 0 Å². The van der Waals surface area contributed by atoms with Crippen LogP contribution in [0.5, 0.6) is 23.1 Å². The predicted octanol–water partition coefficient (Wildman–Crippen LogP) is 2.78. The van der Waals surface area contributed by atoms with E-state index in [1.165, 1.54) is 45.7 Å². The number of hydrogen-bond donors (Lipinski definition) is 0. The average molecular weight is 323 g/mol. The van der Waals surface area contributed by atoms with E-state index >= 15 is 0 Å². The zero-order valence-corrected chi connectivity index (χ0v) is 12.9. The van der Waals surface area contributed by atoms with E-state index in [0.29, 0.717) is 22.3 Å². The first-order valence-electron chi connectivity index (χ1n) is 6.14. The number of carbonyl (C=O) groups excluding carboxylic acids is 1. The van der Waals surface area contributed by atoms with Gasteiger partial charge in [-0.3, -0.25) is 0 Å². The van der Waals surface area contributed by atoms with E-state index in [0.717, 1.165) is 0 Å². The highest BCUT2D eigenvalue weighted by molar-refractivity contribution is 6.30. The molecular weight excluding hydrogens is 310 g/mol. The minimum absolute atomic E-state index is 0.0863. The maximum absolute atomic E-state index is 12.2. The van der Waals surface area contributed by atoms with Crippen molar-refractivity contribution in [2.24, 2.45) is 0 Å². The molecule has 115 valence electrons. The standard InChI is InChI=1S/C15H13ClNO5/c1-19-11-6-9(7-12(20-2)14(11)21-3)15(18)22-13-5-4-10(16)8-17-13/h5-8H,1-3H3. The first kappa shape index (κ1) is 15.9. The lowest BCUT2D eigenvalue weighted by atomic mass is 10.2. The molecule has 0 bridgehead atoms. The van der Waals surface area contributed by atoms with Crippen LogP contribution in [0.3, 0.4) is 0 Å². The van der Waals surface area contributed by atoms with Crippen LogP contribution < -0.4 is 18.9 Å². The van der Waals surface area contributed by atoms with Crippen LogP contribution in [0.25, 0.3) is 0 Å². The van der Waals surface area contributed by atoms with Gasteiger partial charge in [-0.2, -0.15) is 0 Å². The fraction of sp³-hybridized carbons (Fsp3) is 0.200. The molecule has 1 radical (unpaired) electrons. The summed E-state index contributed by atoms with van der Waals surface area (Å²) in [5.74, 6) is 0.555. The molecule has 0 saturated carbocycles. The molecule has 7 heteroatoms. The van der Waals surface area contributed by atoms with Gasteiger partial charge in [0.05, 0.1) is 38.1 Å². The summed E-state index contributed by atoms with van der Waals surface area (Å²) in [6, 6.07) is 7.03. The van der Waals surface area contributed by atoms with E-state index < -0.39 is 5.97 Å². The Balaban J connectivity index is 2.31. The SMILES string of the molecule is COc1cc(C(=O)Oc2c[c]c(Cl)cn2)cc(OC)c1OC. The molecule has 2 rings (SSSR count). The van der Waals surface area contributed by atoms with Gasteiger partial charge in [0.15, 0.2) is 11.5 Å². The molecule has 0 N–H and O–H groups in total. The van der Waals surface area contributed by atoms with E-state index in [1.54, 1.807) is 0 Å². The molecule has 0 unspecified atom stereocenters. The minimum Gasteiger partial charge on any atom is -0.493 e. The molecule has 1 aromatic carbocycles. The normalized spacial score (nSPS) is 10.0. The molecule has 0 aliphatic carbocycles. The Bertz CT molecular complexity index is 647. The molecule has 0 saturated heterocycles. The molecule has 1 aromatic heterocycles. The molecule has 0 atom stereocenters. The van der Waals surface area contributed by atoms with Gasteiger partial charge in [0.2, 0.25) is 11.6 Å². The Kier molecular flexibility index (Phi) is 5.06. The van der Waals surface area contributed by atoms with Gasteiger partial charge in [0.1, 0.15) is 0 Å². The van der Waals surface area contributed by atoms with Gasteiger partial charge >= 0.3 is 5.97 Å². The summed E-state index contributed by atoms with van der Waals surface area (Å²) in [4.78, 5) is 16.0. The fourth-order valence-electron chi connectivity index (χ4n) is 1.73. The van der Waals surface area contributed by atoms with E-state index in [9.17, 15) is 4.79 Å². The van der Waals surface area contributed by atoms with Crippen molar-refractivity contribution < 1.29 is 23.7 Å². The van der Waals surface area contributed by atoms with Gasteiger partial charge in [-0.15, -0.1) is 0 Å². The number of esters is 1. The Morgan fingerprint density at radius 2 is 1.77 bits per heavy atom. The molecule has 0 fully saturated rings. The van der Waals surface area contributed by atoms with Gasteiger partial charge in [-0.05, 0) is 12.1 Å². The van der Waals surface area contributed by atoms with Gasteiger partial charge in [0.25, 0.3) is 0 Å². The third-order valence-corrected chi connectivity index (χ3v) is 2.94. The lowest BCUT2D eigenvalue weighted by Gasteiger charge is -2.13. The largest absolute Gasteiger partial charge is 0.493 e. The third-order valence-electron chi connectivity index (χ3n) is 2.74. The topological polar surface area (TPSA) is 66.9 Å². The molecule has 0 amide bonds. The van der Waals surface area contributed by atoms with Crippen molar-refractivity contribution in [3.8, 4) is 23.1 Å². The van der Waals surface area contributed by atoms with Crippen molar-refractivity contribution in [2.45, 2.75) is 0 Å². The van der Waals surface area contributed by atoms with Crippen LogP contribution in [0.15, 0.2) is 24.4 Å². The summed E-state index contributed by atoms with van der Waals surface area (Å²) in [6.07, 6.45) is 1.33. The number of hydrogen-bond acceptors (Lipinski definition) is 6. The maximum atomic E-state index is 12.2. The molecule has 22 heavy (non-hydrogen) atoms. The van der Waals surface area contributed by atoms with Crippen molar-refractivity contribution in [1.82, 2.24) is 4.98 Å². The van der Waals surface area contributed by atoms with Crippen molar-refractivity contribution in [3.63, 3.8) is 0 Å². The molecule has 0 aliphatic rings. The summed E-state index contributed by atoms with van der Waals surface area (Å²) < 4.78 is 20.7. The highest BCUT2D eigenvalue weighted by atomic mass is 35.5. The number of nitrogens with zero attached hydrogens (tertiary/aromatic N) is 1. The monoisotopic (exact) mass is 322 g/mol. The molecule has 0 aliphatic heterocycles. The first-order valence-corrected chi connectivity index (χ1v) is 6.52. The Morgan fingerprint density at radius 1 is 1.14 bits per heavy atom. The predicted molar refractivity (Wildman–Crippen MR) is 79.1 cm³/mol. The highest BCUT2D eigenvalue weighted by Crippen LogP contribution is 2.38. The van der Waals surface area contributed by atoms with Crippen molar-refractivity contribution in [1.29, 1.82) is 0 Å². The Labute approximate surface area is 132 Å². The summed E-state index contributed by atoms with van der Waals surface area (Å²) >= 11 is 5.67. The summed E-state index contributed by atoms with van der Waals surface area (Å²) in [6.45, 7) is 0. The van der Waals surface area contributed by atoms with Crippen LogP contribution in [0.2, 0.25) is 5.02 Å². The zero-order chi connectivity index (χ0) is 16.1. The Hall–Kier alpha value is -2.47. The van der Waals surface area contributed by atoms with Crippen LogP contribution in [-0.2, 0) is 0 Å². The van der Waals surface area contributed by atoms with E-state index in [-0.39, 0.29) is 11.4 Å². The van der Waals surface area contributed by atoms with Crippen molar-refractivity contribution in [3.05, 3.63) is 41.0 Å². The Morgan fingerprint density at radius 3 is 2.23 bits per heavy atom. The molecule has 2 aromatic rings. The third kappa shape index (κ3) is 3.40. The number of benzene rings is 1. The number of rotatable bonds is 5. The van der Waals surface area contributed by atoms with Crippen molar-refractivity contribution in [2.75, 3.05) is 21.3 Å². The van der Waals surface area contributed by atoms with Gasteiger partial charge in [-0.1, -0.05) is 11.6 Å². The minimum atomic E-state index is -0.623. The summed E-state index contributed by atoms with van der Waals surface area (Å²) in [5, 5.41) is 0.326. The maximum Gasteiger partial charge on any atom is 0.345 e. The number of pyridine rings is 1. The fourth-order valence-corrected chi connectivity index (χ4v) is 1.84. The van der Waals surface area contributed by atoms with Crippen molar-refractivity contribution >= 4 is 17.6 Å². The average Bonchev–Trinajstić information content (AvgIpc) is 2.55. The van der Waals surface area contributed by atoms with Crippen LogP contribution in [0.1, 0.15) is 10.4 Å². The second-order valence-electron chi connectivity index (χ2n) is 4.04. The second kappa shape index (κ2) is 7.00. The molecular formula is C15H13ClNO5. The van der Waals surface area contributed by atoms with E-state index in [4.69, 9.17) is 30.5 Å². The smallest absolute Gasteiger partial charge is 0.345 e. The highest BCUT2D eigenvalue weighted by Gasteiger charge is 2.18. The number of aromatic nitrogens is 1. The number of methoxy groups -OCH3 is 3. The van der Waals surface area contributed by atoms with Gasteiger partial charge in [0, 0.05) is 12.1 Å². The van der Waals surface area contributed by atoms with E-state index in [1.807, 2.05) is 0 Å².